The molecule has 0 bridgehead atoms. The highest BCUT2D eigenvalue weighted by Gasteiger charge is 2.22. The maximum atomic E-state index is 13.5. The first-order chi connectivity index (χ1) is 10.3. The van der Waals surface area contributed by atoms with Gasteiger partial charge in [0.2, 0.25) is 0 Å². The van der Waals surface area contributed by atoms with Crippen molar-refractivity contribution < 1.29 is 26.5 Å². The van der Waals surface area contributed by atoms with E-state index in [2.05, 4.69) is 4.74 Å². The summed E-state index contributed by atoms with van der Waals surface area (Å²) in [4.78, 5) is 11.3. The van der Waals surface area contributed by atoms with Crippen molar-refractivity contribution in [1.82, 2.24) is 0 Å². The molecule has 0 N–H and O–H groups in total. The van der Waals surface area contributed by atoms with Crippen molar-refractivity contribution in [1.29, 1.82) is 0 Å². The summed E-state index contributed by atoms with van der Waals surface area (Å²) in [5.74, 6) is -1.89. The number of para-hydroxylation sites is 1. The van der Waals surface area contributed by atoms with E-state index in [-0.39, 0.29) is 10.5 Å². The smallest absolute Gasteiger partial charge is 0.339 e. The second-order valence-electron chi connectivity index (χ2n) is 4.44. The van der Waals surface area contributed by atoms with E-state index in [4.69, 9.17) is 4.18 Å². The van der Waals surface area contributed by atoms with Gasteiger partial charge in [-0.05, 0) is 36.8 Å². The van der Waals surface area contributed by atoms with Gasteiger partial charge in [-0.25, -0.2) is 9.18 Å². The number of esters is 1. The average molecular weight is 324 g/mol. The Bertz CT molecular complexity index is 814. The maximum Gasteiger partial charge on any atom is 0.339 e. The van der Waals surface area contributed by atoms with Gasteiger partial charge in [-0.3, -0.25) is 0 Å². The number of aryl methyl sites for hydroxylation is 1. The molecular formula is C15H13FO5S. The van der Waals surface area contributed by atoms with E-state index in [1.165, 1.54) is 37.4 Å². The van der Waals surface area contributed by atoms with Crippen LogP contribution in [-0.2, 0) is 14.9 Å². The summed E-state index contributed by atoms with van der Waals surface area (Å²) in [6, 6.07) is 9.17. The molecule has 0 heterocycles. The minimum Gasteiger partial charge on any atom is -0.465 e. The Labute approximate surface area is 127 Å². The standard InChI is InChI=1S/C15H13FO5S/c1-10-7-8-11(15(17)20-2)9-14(10)22(18,19)21-13-6-4-3-5-12(13)16/h3-9H,1-2H3. The molecule has 7 heteroatoms. The van der Waals surface area contributed by atoms with Crippen LogP contribution in [0.4, 0.5) is 4.39 Å². The molecule has 0 unspecified atom stereocenters. The number of hydrogen-bond acceptors (Lipinski definition) is 5. The van der Waals surface area contributed by atoms with Crippen molar-refractivity contribution in [3.05, 3.63) is 59.4 Å². The van der Waals surface area contributed by atoms with Crippen LogP contribution >= 0.6 is 0 Å². The first-order valence-corrected chi connectivity index (χ1v) is 7.64. The summed E-state index contributed by atoms with van der Waals surface area (Å²) in [7, 11) is -3.09. The minimum absolute atomic E-state index is 0.0591. The molecule has 0 fully saturated rings. The Morgan fingerprint density at radius 1 is 1.14 bits per heavy atom. The van der Waals surface area contributed by atoms with Crippen molar-refractivity contribution in [2.24, 2.45) is 0 Å². The predicted octanol–water partition coefficient (Wildman–Crippen LogP) is 2.69. The molecule has 0 saturated heterocycles. The van der Waals surface area contributed by atoms with Crippen LogP contribution < -0.4 is 4.18 Å². The van der Waals surface area contributed by atoms with Gasteiger partial charge in [0.1, 0.15) is 4.90 Å². The summed E-state index contributed by atoms with van der Waals surface area (Å²) >= 11 is 0. The Balaban J connectivity index is 2.45. The zero-order chi connectivity index (χ0) is 16.3. The molecule has 0 aromatic heterocycles. The summed E-state index contributed by atoms with van der Waals surface area (Å²) in [5.41, 5.74) is 0.424. The van der Waals surface area contributed by atoms with Crippen molar-refractivity contribution in [2.45, 2.75) is 11.8 Å². The van der Waals surface area contributed by atoms with Gasteiger partial charge < -0.3 is 8.92 Å². The lowest BCUT2D eigenvalue weighted by Crippen LogP contribution is -2.13. The Hall–Kier alpha value is -2.41. The second kappa shape index (κ2) is 6.15. The summed E-state index contributed by atoms with van der Waals surface area (Å²) in [6.07, 6.45) is 0. The Kier molecular flexibility index (Phi) is 4.46. The van der Waals surface area contributed by atoms with E-state index in [0.717, 1.165) is 12.1 Å². The molecule has 2 rings (SSSR count). The molecule has 116 valence electrons. The lowest BCUT2D eigenvalue weighted by atomic mass is 10.1. The number of hydrogen-bond donors (Lipinski definition) is 0. The highest BCUT2D eigenvalue weighted by Crippen LogP contribution is 2.24. The van der Waals surface area contributed by atoms with Gasteiger partial charge in [0.15, 0.2) is 11.6 Å². The van der Waals surface area contributed by atoms with Gasteiger partial charge in [-0.1, -0.05) is 18.2 Å². The molecular weight excluding hydrogens is 311 g/mol. The van der Waals surface area contributed by atoms with E-state index in [0.29, 0.717) is 5.56 Å². The fraction of sp³-hybridized carbons (Fsp3) is 0.133. The van der Waals surface area contributed by atoms with Gasteiger partial charge in [0, 0.05) is 0 Å². The van der Waals surface area contributed by atoms with Gasteiger partial charge in [-0.15, -0.1) is 0 Å². The van der Waals surface area contributed by atoms with Crippen LogP contribution in [0, 0.1) is 12.7 Å². The van der Waals surface area contributed by atoms with Crippen molar-refractivity contribution in [3.8, 4) is 5.75 Å². The number of carbonyl (C=O) groups excluding carboxylic acids is 1. The van der Waals surface area contributed by atoms with Crippen molar-refractivity contribution in [2.75, 3.05) is 7.11 Å². The lowest BCUT2D eigenvalue weighted by molar-refractivity contribution is 0.0600. The first-order valence-electron chi connectivity index (χ1n) is 6.23. The number of rotatable bonds is 4. The molecule has 0 spiro atoms. The second-order valence-corrected chi connectivity index (χ2v) is 5.95. The van der Waals surface area contributed by atoms with E-state index in [1.807, 2.05) is 0 Å². The zero-order valence-corrected chi connectivity index (χ0v) is 12.7. The van der Waals surface area contributed by atoms with Crippen LogP contribution in [0.15, 0.2) is 47.4 Å². The van der Waals surface area contributed by atoms with Crippen molar-refractivity contribution in [3.63, 3.8) is 0 Å². The molecule has 2 aromatic carbocycles. The van der Waals surface area contributed by atoms with Gasteiger partial charge in [-0.2, -0.15) is 8.42 Å². The first kappa shape index (κ1) is 16.0. The molecule has 5 nitrogen and oxygen atoms in total. The van der Waals surface area contributed by atoms with Gasteiger partial charge in [0.05, 0.1) is 12.7 Å². The third-order valence-electron chi connectivity index (χ3n) is 2.91. The number of methoxy groups -OCH3 is 1. The third kappa shape index (κ3) is 3.25. The average Bonchev–Trinajstić information content (AvgIpc) is 2.49. The van der Waals surface area contributed by atoms with Crippen LogP contribution in [0.2, 0.25) is 0 Å². The normalized spacial score (nSPS) is 11.0. The SMILES string of the molecule is COC(=O)c1ccc(C)c(S(=O)(=O)Oc2ccccc2F)c1. The highest BCUT2D eigenvalue weighted by atomic mass is 32.2. The fourth-order valence-electron chi connectivity index (χ4n) is 1.79. The molecule has 0 amide bonds. The molecule has 0 saturated carbocycles. The minimum atomic E-state index is -4.28. The monoisotopic (exact) mass is 324 g/mol. The van der Waals surface area contributed by atoms with Crippen LogP contribution in [0.3, 0.4) is 0 Å². The number of ether oxygens (including phenoxy) is 1. The third-order valence-corrected chi connectivity index (χ3v) is 4.29. The molecule has 0 aliphatic rings. The Morgan fingerprint density at radius 3 is 2.45 bits per heavy atom. The van der Waals surface area contributed by atoms with E-state index in [9.17, 15) is 17.6 Å². The van der Waals surface area contributed by atoms with E-state index in [1.54, 1.807) is 6.92 Å². The predicted molar refractivity (Wildman–Crippen MR) is 76.7 cm³/mol. The largest absolute Gasteiger partial charge is 0.465 e. The number of halogens is 1. The molecule has 2 aromatic rings. The van der Waals surface area contributed by atoms with Gasteiger partial charge >= 0.3 is 16.1 Å². The topological polar surface area (TPSA) is 69.7 Å². The quantitative estimate of drug-likeness (QED) is 0.639. The zero-order valence-electron chi connectivity index (χ0n) is 11.9. The van der Waals surface area contributed by atoms with Crippen LogP contribution in [0.5, 0.6) is 5.75 Å². The van der Waals surface area contributed by atoms with Crippen LogP contribution in [0.1, 0.15) is 15.9 Å². The van der Waals surface area contributed by atoms with Crippen molar-refractivity contribution >= 4 is 16.1 Å². The van der Waals surface area contributed by atoms with Crippen LogP contribution in [-0.4, -0.2) is 21.5 Å². The van der Waals surface area contributed by atoms with E-state index < -0.39 is 27.7 Å². The highest BCUT2D eigenvalue weighted by molar-refractivity contribution is 7.87. The Morgan fingerprint density at radius 2 is 1.82 bits per heavy atom. The molecule has 0 atom stereocenters. The number of carbonyl (C=O) groups is 1. The molecule has 0 radical (unpaired) electrons. The molecule has 0 aliphatic carbocycles. The number of benzene rings is 2. The molecule has 0 aliphatic heterocycles. The fourth-order valence-corrected chi connectivity index (χ4v) is 2.98. The summed E-state index contributed by atoms with van der Waals surface area (Å²) < 4.78 is 47.5. The van der Waals surface area contributed by atoms with Crippen LogP contribution in [0.25, 0.3) is 0 Å². The van der Waals surface area contributed by atoms with Gasteiger partial charge in [0.25, 0.3) is 0 Å². The maximum absolute atomic E-state index is 13.5. The summed E-state index contributed by atoms with van der Waals surface area (Å²) in [6.45, 7) is 1.54. The molecule has 22 heavy (non-hydrogen) atoms. The summed E-state index contributed by atoms with van der Waals surface area (Å²) in [5, 5.41) is 0. The lowest BCUT2D eigenvalue weighted by Gasteiger charge is -2.11. The van der Waals surface area contributed by atoms with E-state index >= 15 is 0 Å².